The summed E-state index contributed by atoms with van der Waals surface area (Å²) in [6.45, 7) is 2.16. The largest absolute Gasteiger partial charge is 0.493 e. The highest BCUT2D eigenvalue weighted by Gasteiger charge is 2.51. The molecule has 1 saturated carbocycles. The van der Waals surface area contributed by atoms with Gasteiger partial charge in [0.25, 0.3) is 0 Å². The topological polar surface area (TPSA) is 218 Å². The first-order valence-electron chi connectivity index (χ1n) is 16.7. The number of cyclic esters (lactones) is 1. The number of fused-ring (bicyclic) bond motifs is 3. The third-order valence-corrected chi connectivity index (χ3v) is 9.99. The summed E-state index contributed by atoms with van der Waals surface area (Å²) in [6, 6.07) is 8.75. The van der Waals surface area contributed by atoms with Crippen molar-refractivity contribution in [3.8, 4) is 39.9 Å². The molecule has 4 aliphatic rings. The van der Waals surface area contributed by atoms with Crippen molar-refractivity contribution in [1.82, 2.24) is 0 Å². The Morgan fingerprint density at radius 2 is 1.58 bits per heavy atom. The first-order valence-corrected chi connectivity index (χ1v) is 16.7. The molecule has 0 spiro atoms. The van der Waals surface area contributed by atoms with E-state index >= 15 is 0 Å². The molecule has 7 rings (SSSR count). The summed E-state index contributed by atoms with van der Waals surface area (Å²) >= 11 is 0. The summed E-state index contributed by atoms with van der Waals surface area (Å²) in [5, 5.41) is 53.5. The van der Waals surface area contributed by atoms with E-state index in [1.54, 1.807) is 37.3 Å². The van der Waals surface area contributed by atoms with E-state index < -0.39 is 79.6 Å². The lowest BCUT2D eigenvalue weighted by Gasteiger charge is -2.46. The second-order valence-corrected chi connectivity index (χ2v) is 13.2. The highest BCUT2D eigenvalue weighted by Crippen LogP contribution is 2.50. The molecule has 0 aromatic heterocycles. The summed E-state index contributed by atoms with van der Waals surface area (Å²) in [7, 11) is 2.97. The summed E-state index contributed by atoms with van der Waals surface area (Å²) in [4.78, 5) is 26.0. The number of aliphatic hydroxyl groups excluding tert-OH is 5. The number of methoxy groups -OCH3 is 2. The lowest BCUT2D eigenvalue weighted by Crippen LogP contribution is -2.63. The Hall–Kier alpha value is -4.42. The molecule has 3 aliphatic heterocycles. The Bertz CT molecular complexity index is 1860. The van der Waals surface area contributed by atoms with E-state index in [-0.39, 0.29) is 31.1 Å². The van der Waals surface area contributed by atoms with E-state index in [0.29, 0.717) is 50.5 Å². The fraction of sp³-hybridized carbons (Fsp3) is 0.500. The first-order chi connectivity index (χ1) is 24.9. The van der Waals surface area contributed by atoms with Gasteiger partial charge < -0.3 is 68.2 Å². The van der Waals surface area contributed by atoms with Crippen LogP contribution in [0.2, 0.25) is 0 Å². The third-order valence-electron chi connectivity index (χ3n) is 9.99. The number of benzene rings is 3. The van der Waals surface area contributed by atoms with Gasteiger partial charge in [-0.25, -0.2) is 4.79 Å². The second kappa shape index (κ2) is 14.2. The van der Waals surface area contributed by atoms with Crippen molar-refractivity contribution in [2.75, 3.05) is 27.6 Å². The van der Waals surface area contributed by atoms with E-state index in [2.05, 4.69) is 0 Å². The SMILES string of the molecule is COc1cc2c(OC3CC(C)C(OC4OC(CO)C(O)C(O)C4O)C(O)C3OC(C)=O)c3c(c(-c4ccc5c(c4)OCO5)c2cc1OC)C(=O)OC3. The molecule has 16 nitrogen and oxygen atoms in total. The number of carbonyl (C=O) groups is 2. The van der Waals surface area contributed by atoms with Gasteiger partial charge in [0.2, 0.25) is 6.79 Å². The van der Waals surface area contributed by atoms with Crippen LogP contribution in [-0.4, -0.2) is 120 Å². The van der Waals surface area contributed by atoms with Crippen molar-refractivity contribution >= 4 is 22.7 Å². The van der Waals surface area contributed by atoms with Crippen molar-refractivity contribution in [3.63, 3.8) is 0 Å². The number of carbonyl (C=O) groups excluding carboxylic acids is 2. The predicted molar refractivity (Wildman–Crippen MR) is 176 cm³/mol. The minimum atomic E-state index is -1.72. The average molecular weight is 729 g/mol. The van der Waals surface area contributed by atoms with Gasteiger partial charge in [-0.15, -0.1) is 0 Å². The molecule has 10 atom stereocenters. The summed E-state index contributed by atoms with van der Waals surface area (Å²) < 4.78 is 51.9. The van der Waals surface area contributed by atoms with Crippen molar-refractivity contribution in [3.05, 3.63) is 41.5 Å². The monoisotopic (exact) mass is 728 g/mol. The molecule has 0 bridgehead atoms. The molecule has 1 saturated heterocycles. The Morgan fingerprint density at radius 1 is 0.865 bits per heavy atom. The Kier molecular flexibility index (Phi) is 9.81. The highest BCUT2D eigenvalue weighted by molar-refractivity contribution is 6.14. The van der Waals surface area contributed by atoms with Gasteiger partial charge in [0.05, 0.1) is 32.5 Å². The van der Waals surface area contributed by atoms with Crippen LogP contribution in [-0.2, 0) is 30.3 Å². The van der Waals surface area contributed by atoms with Gasteiger partial charge in [0.1, 0.15) is 49.0 Å². The van der Waals surface area contributed by atoms with Crippen LogP contribution in [0.15, 0.2) is 30.3 Å². The van der Waals surface area contributed by atoms with Gasteiger partial charge in [-0.05, 0) is 47.6 Å². The van der Waals surface area contributed by atoms with E-state index in [1.807, 2.05) is 0 Å². The molecule has 0 amide bonds. The molecule has 16 heteroatoms. The molecule has 3 aromatic carbocycles. The van der Waals surface area contributed by atoms with Gasteiger partial charge >= 0.3 is 11.9 Å². The Morgan fingerprint density at radius 3 is 2.27 bits per heavy atom. The van der Waals surface area contributed by atoms with Crippen LogP contribution in [0.3, 0.4) is 0 Å². The molecule has 0 radical (unpaired) electrons. The smallest absolute Gasteiger partial charge is 0.339 e. The Balaban J connectivity index is 1.30. The van der Waals surface area contributed by atoms with Gasteiger partial charge in [0, 0.05) is 23.4 Å². The van der Waals surface area contributed by atoms with Crippen LogP contribution in [0.4, 0.5) is 0 Å². The van der Waals surface area contributed by atoms with E-state index in [9.17, 15) is 35.1 Å². The van der Waals surface area contributed by atoms with Crippen molar-refractivity contribution in [2.24, 2.45) is 5.92 Å². The maximum absolute atomic E-state index is 13.5. The predicted octanol–water partition coefficient (Wildman–Crippen LogP) is 1.19. The second-order valence-electron chi connectivity index (χ2n) is 13.2. The van der Waals surface area contributed by atoms with Crippen LogP contribution in [0, 0.1) is 5.92 Å². The fourth-order valence-electron chi connectivity index (χ4n) is 7.43. The van der Waals surface area contributed by atoms with Crippen molar-refractivity contribution in [2.45, 2.75) is 82.0 Å². The van der Waals surface area contributed by atoms with Crippen LogP contribution in [0.5, 0.6) is 28.7 Å². The van der Waals surface area contributed by atoms with Crippen LogP contribution < -0.4 is 23.7 Å². The molecular formula is C36H40O16. The molecule has 5 N–H and O–H groups in total. The molecule has 280 valence electrons. The zero-order valence-corrected chi connectivity index (χ0v) is 28.7. The van der Waals surface area contributed by atoms with Gasteiger partial charge in [0.15, 0.2) is 35.4 Å². The lowest BCUT2D eigenvalue weighted by atomic mass is 9.81. The molecule has 10 unspecified atom stereocenters. The maximum Gasteiger partial charge on any atom is 0.339 e. The van der Waals surface area contributed by atoms with Gasteiger partial charge in [-0.1, -0.05) is 13.0 Å². The third kappa shape index (κ3) is 6.13. The lowest BCUT2D eigenvalue weighted by molar-refractivity contribution is -0.328. The van der Waals surface area contributed by atoms with Crippen LogP contribution >= 0.6 is 0 Å². The normalized spacial score (nSPS) is 30.8. The van der Waals surface area contributed by atoms with Gasteiger partial charge in [-0.2, -0.15) is 0 Å². The zero-order chi connectivity index (χ0) is 37.0. The quantitative estimate of drug-likeness (QED) is 0.196. The van der Waals surface area contributed by atoms with E-state index in [1.165, 1.54) is 21.1 Å². The zero-order valence-electron chi connectivity index (χ0n) is 28.7. The number of hydrogen-bond acceptors (Lipinski definition) is 16. The number of rotatable bonds is 9. The maximum atomic E-state index is 13.5. The van der Waals surface area contributed by atoms with Crippen LogP contribution in [0.1, 0.15) is 36.2 Å². The minimum Gasteiger partial charge on any atom is -0.493 e. The number of ether oxygens (including phenoxy) is 9. The first kappa shape index (κ1) is 36.0. The molecule has 52 heavy (non-hydrogen) atoms. The fourth-order valence-corrected chi connectivity index (χ4v) is 7.43. The summed E-state index contributed by atoms with van der Waals surface area (Å²) in [5.41, 5.74) is 1.82. The van der Waals surface area contributed by atoms with Crippen molar-refractivity contribution in [1.29, 1.82) is 0 Å². The molecule has 3 aromatic rings. The Labute approximate surface area is 297 Å². The summed E-state index contributed by atoms with van der Waals surface area (Å²) in [5.74, 6) is 0.172. The summed E-state index contributed by atoms with van der Waals surface area (Å²) in [6.07, 6.45) is -12.7. The highest BCUT2D eigenvalue weighted by atomic mass is 16.7. The van der Waals surface area contributed by atoms with E-state index in [0.717, 1.165) is 0 Å². The molecule has 3 heterocycles. The number of esters is 2. The van der Waals surface area contributed by atoms with Gasteiger partial charge in [-0.3, -0.25) is 4.79 Å². The molecule has 1 aliphatic carbocycles. The van der Waals surface area contributed by atoms with Crippen molar-refractivity contribution < 1.29 is 77.8 Å². The van der Waals surface area contributed by atoms with Crippen LogP contribution in [0.25, 0.3) is 21.9 Å². The molecule has 2 fully saturated rings. The van der Waals surface area contributed by atoms with E-state index in [4.69, 9.17) is 42.6 Å². The minimum absolute atomic E-state index is 0.0566. The number of hydrogen-bond donors (Lipinski definition) is 5. The number of aliphatic hydroxyl groups is 5. The average Bonchev–Trinajstić information content (AvgIpc) is 3.77. The molecular weight excluding hydrogens is 688 g/mol. The standard InChI is InChI=1S/C36H40O16/c1-14-7-24(34(49-15(2)38)31(42)32(14)52-36-30(41)29(40)28(39)25(11-37)51-36)50-33-18-10-22(45-4)21(44-3)9-17(18)26(27-19(33)12-46-35(27)43)16-5-6-20-23(8-16)48-13-47-20/h5-6,8-10,14,24-25,28-32,34,36-37,39-42H,7,11-13H2,1-4H3.